The van der Waals surface area contributed by atoms with E-state index in [2.05, 4.69) is 4.98 Å². The lowest BCUT2D eigenvalue weighted by Crippen LogP contribution is -2.31. The van der Waals surface area contributed by atoms with Crippen molar-refractivity contribution in [2.75, 3.05) is 6.54 Å². The number of hydrogen-bond acceptors (Lipinski definition) is 3. The molecule has 1 aromatic carbocycles. The number of benzene rings is 1. The van der Waals surface area contributed by atoms with E-state index in [1.54, 1.807) is 17.5 Å². The lowest BCUT2D eigenvalue weighted by molar-refractivity contribution is -0.131. The Morgan fingerprint density at radius 1 is 1.50 bits per heavy atom. The molecule has 1 fully saturated rings. The van der Waals surface area contributed by atoms with Gasteiger partial charge in [0.15, 0.2) is 0 Å². The second-order valence-corrected chi connectivity index (χ2v) is 6.28. The molecule has 3 rings (SSSR count). The second kappa shape index (κ2) is 5.94. The van der Waals surface area contributed by atoms with Gasteiger partial charge in [0.25, 0.3) is 0 Å². The Bertz CT molecular complexity index is 600. The van der Waals surface area contributed by atoms with E-state index in [1.165, 1.54) is 0 Å². The van der Waals surface area contributed by atoms with Gasteiger partial charge < -0.3 is 4.90 Å². The summed E-state index contributed by atoms with van der Waals surface area (Å²) in [6.07, 6.45) is 4.26. The lowest BCUT2D eigenvalue weighted by Gasteiger charge is -2.23. The van der Waals surface area contributed by atoms with Crippen LogP contribution in [0.4, 0.5) is 0 Å². The molecule has 0 N–H and O–H groups in total. The second-order valence-electron chi connectivity index (χ2n) is 4.92. The smallest absolute Gasteiger partial charge is 0.227 e. The molecule has 3 nitrogen and oxygen atoms in total. The van der Waals surface area contributed by atoms with E-state index in [0.29, 0.717) is 11.4 Å². The first-order valence-corrected chi connectivity index (χ1v) is 7.93. The van der Waals surface area contributed by atoms with E-state index in [0.717, 1.165) is 30.0 Å². The van der Waals surface area contributed by atoms with Crippen molar-refractivity contribution >= 4 is 28.8 Å². The Balaban J connectivity index is 1.73. The van der Waals surface area contributed by atoms with Crippen molar-refractivity contribution in [2.45, 2.75) is 25.3 Å². The van der Waals surface area contributed by atoms with Crippen LogP contribution in [0.3, 0.4) is 0 Å². The summed E-state index contributed by atoms with van der Waals surface area (Å²) in [6.45, 7) is 0.823. The van der Waals surface area contributed by atoms with E-state index in [-0.39, 0.29) is 11.9 Å². The average Bonchev–Trinajstić information content (AvgIpc) is 3.09. The number of aromatic nitrogens is 1. The fourth-order valence-electron chi connectivity index (χ4n) is 2.64. The highest BCUT2D eigenvalue weighted by Gasteiger charge is 2.31. The number of likely N-dealkylation sites (tertiary alicyclic amines) is 1. The van der Waals surface area contributed by atoms with Crippen LogP contribution in [0.5, 0.6) is 0 Å². The molecule has 5 heteroatoms. The van der Waals surface area contributed by atoms with Gasteiger partial charge in [-0.2, -0.15) is 0 Å². The number of amides is 1. The molecule has 2 aromatic rings. The predicted octanol–water partition coefficient (Wildman–Crippen LogP) is 3.70. The van der Waals surface area contributed by atoms with Crippen LogP contribution in [0, 0.1) is 0 Å². The standard InChI is InChI=1S/C15H15ClN2OS/c16-12-4-1-3-11(9-12)10-14(19)18-7-2-5-13(18)15-17-6-8-20-15/h1,3-4,6,8-9,13H,2,5,7,10H2. The molecule has 1 aromatic heterocycles. The number of hydrogen-bond donors (Lipinski definition) is 0. The highest BCUT2D eigenvalue weighted by atomic mass is 35.5. The van der Waals surface area contributed by atoms with Crippen molar-refractivity contribution in [3.8, 4) is 0 Å². The van der Waals surface area contributed by atoms with Crippen LogP contribution >= 0.6 is 22.9 Å². The van der Waals surface area contributed by atoms with Crippen molar-refractivity contribution in [1.82, 2.24) is 9.88 Å². The van der Waals surface area contributed by atoms with Crippen LogP contribution in [0.1, 0.15) is 29.5 Å². The maximum atomic E-state index is 12.5. The fraction of sp³-hybridized carbons (Fsp3) is 0.333. The van der Waals surface area contributed by atoms with Crippen molar-refractivity contribution in [2.24, 2.45) is 0 Å². The van der Waals surface area contributed by atoms with Gasteiger partial charge in [0, 0.05) is 23.1 Å². The largest absolute Gasteiger partial charge is 0.333 e. The quantitative estimate of drug-likeness (QED) is 0.866. The molecule has 0 saturated carbocycles. The topological polar surface area (TPSA) is 33.2 Å². The van der Waals surface area contributed by atoms with Crippen molar-refractivity contribution in [3.63, 3.8) is 0 Å². The van der Waals surface area contributed by atoms with E-state index < -0.39 is 0 Å². The summed E-state index contributed by atoms with van der Waals surface area (Å²) in [5, 5.41) is 3.68. The minimum atomic E-state index is 0.154. The van der Waals surface area contributed by atoms with Crippen molar-refractivity contribution < 1.29 is 4.79 Å². The van der Waals surface area contributed by atoms with Gasteiger partial charge in [0.1, 0.15) is 5.01 Å². The van der Waals surface area contributed by atoms with Gasteiger partial charge in [-0.3, -0.25) is 4.79 Å². The van der Waals surface area contributed by atoms with Crippen LogP contribution in [-0.4, -0.2) is 22.3 Å². The number of thiazole rings is 1. The number of halogens is 1. The van der Waals surface area contributed by atoms with Gasteiger partial charge in [-0.05, 0) is 30.5 Å². The van der Waals surface area contributed by atoms with Crippen LogP contribution < -0.4 is 0 Å². The first-order chi connectivity index (χ1) is 9.74. The van der Waals surface area contributed by atoms with E-state index in [4.69, 9.17) is 11.6 Å². The zero-order valence-electron chi connectivity index (χ0n) is 11.0. The fourth-order valence-corrected chi connectivity index (χ4v) is 3.64. The van der Waals surface area contributed by atoms with Gasteiger partial charge in [-0.15, -0.1) is 11.3 Å². The first-order valence-electron chi connectivity index (χ1n) is 6.67. The SMILES string of the molecule is O=C(Cc1cccc(Cl)c1)N1CCCC1c1nccs1. The van der Waals surface area contributed by atoms with Gasteiger partial charge in [0.2, 0.25) is 5.91 Å². The Morgan fingerprint density at radius 2 is 2.40 bits per heavy atom. The third kappa shape index (κ3) is 2.86. The Labute approximate surface area is 127 Å². The molecule has 1 amide bonds. The van der Waals surface area contributed by atoms with Crippen LogP contribution in [0.15, 0.2) is 35.8 Å². The summed E-state index contributed by atoms with van der Waals surface area (Å²) in [6, 6.07) is 7.66. The summed E-state index contributed by atoms with van der Waals surface area (Å²) < 4.78 is 0. The van der Waals surface area contributed by atoms with Crippen LogP contribution in [0.25, 0.3) is 0 Å². The van der Waals surface area contributed by atoms with E-state index in [9.17, 15) is 4.79 Å². The number of nitrogens with zero attached hydrogens (tertiary/aromatic N) is 2. The molecule has 20 heavy (non-hydrogen) atoms. The molecular weight excluding hydrogens is 292 g/mol. The molecule has 1 aliphatic heterocycles. The number of carbonyl (C=O) groups is 1. The minimum absolute atomic E-state index is 0.154. The van der Waals surface area contributed by atoms with Crippen molar-refractivity contribution in [1.29, 1.82) is 0 Å². The predicted molar refractivity (Wildman–Crippen MR) is 81.0 cm³/mol. The highest BCUT2D eigenvalue weighted by Crippen LogP contribution is 2.33. The summed E-state index contributed by atoms with van der Waals surface area (Å²) in [5.41, 5.74) is 0.965. The van der Waals surface area contributed by atoms with Gasteiger partial charge in [0.05, 0.1) is 12.5 Å². The molecule has 1 aliphatic rings. The normalized spacial score (nSPS) is 18.4. The third-order valence-corrected chi connectivity index (χ3v) is 4.67. The maximum absolute atomic E-state index is 12.5. The molecule has 2 heterocycles. The monoisotopic (exact) mass is 306 g/mol. The van der Waals surface area contributed by atoms with E-state index in [1.807, 2.05) is 34.5 Å². The Hall–Kier alpha value is -1.39. The Kier molecular flexibility index (Phi) is 4.03. The number of rotatable bonds is 3. The molecule has 0 radical (unpaired) electrons. The minimum Gasteiger partial charge on any atom is -0.333 e. The molecule has 1 saturated heterocycles. The molecule has 1 unspecified atom stereocenters. The van der Waals surface area contributed by atoms with Gasteiger partial charge in [-0.25, -0.2) is 4.98 Å². The Morgan fingerprint density at radius 3 is 3.15 bits per heavy atom. The third-order valence-electron chi connectivity index (χ3n) is 3.55. The van der Waals surface area contributed by atoms with Crippen molar-refractivity contribution in [3.05, 3.63) is 51.4 Å². The molecular formula is C15H15ClN2OS. The zero-order chi connectivity index (χ0) is 13.9. The molecule has 0 bridgehead atoms. The number of carbonyl (C=O) groups excluding carboxylic acids is 1. The molecule has 0 aliphatic carbocycles. The molecule has 104 valence electrons. The summed E-state index contributed by atoms with van der Waals surface area (Å²) >= 11 is 7.59. The van der Waals surface area contributed by atoms with E-state index >= 15 is 0 Å². The summed E-state index contributed by atoms with van der Waals surface area (Å²) in [4.78, 5) is 18.8. The average molecular weight is 307 g/mol. The van der Waals surface area contributed by atoms with Gasteiger partial charge >= 0.3 is 0 Å². The summed E-state index contributed by atoms with van der Waals surface area (Å²) in [5.74, 6) is 0.157. The highest BCUT2D eigenvalue weighted by molar-refractivity contribution is 7.09. The maximum Gasteiger partial charge on any atom is 0.227 e. The van der Waals surface area contributed by atoms with Crippen LogP contribution in [-0.2, 0) is 11.2 Å². The van der Waals surface area contributed by atoms with Crippen LogP contribution in [0.2, 0.25) is 5.02 Å². The molecule has 1 atom stereocenters. The zero-order valence-corrected chi connectivity index (χ0v) is 12.5. The summed E-state index contributed by atoms with van der Waals surface area (Å²) in [7, 11) is 0. The lowest BCUT2D eigenvalue weighted by atomic mass is 10.1. The molecule has 0 spiro atoms. The van der Waals surface area contributed by atoms with Gasteiger partial charge in [-0.1, -0.05) is 23.7 Å². The first kappa shape index (κ1) is 13.6.